The fourth-order valence-corrected chi connectivity index (χ4v) is 1.72. The summed E-state index contributed by atoms with van der Waals surface area (Å²) in [6.07, 6.45) is 0. The summed E-state index contributed by atoms with van der Waals surface area (Å²) in [5.41, 5.74) is 8.39. The normalized spacial score (nSPS) is 23.7. The van der Waals surface area contributed by atoms with Gasteiger partial charge in [0.05, 0.1) is 14.1 Å². The van der Waals surface area contributed by atoms with Gasteiger partial charge in [-0.15, -0.1) is 0 Å². The highest BCUT2D eigenvalue weighted by atomic mass is 15.5. The smallest absolute Gasteiger partial charge is 0.250 e. The molecular formula is C9H18N5+. The van der Waals surface area contributed by atoms with E-state index in [9.17, 15) is 0 Å². The molecule has 1 rings (SSSR count). The van der Waals surface area contributed by atoms with Crippen molar-refractivity contribution in [2.75, 3.05) is 14.1 Å². The zero-order valence-corrected chi connectivity index (χ0v) is 9.74. The molecule has 0 aromatic rings. The van der Waals surface area contributed by atoms with E-state index in [2.05, 4.69) is 37.7 Å². The van der Waals surface area contributed by atoms with E-state index in [4.69, 9.17) is 5.53 Å². The van der Waals surface area contributed by atoms with Gasteiger partial charge < -0.3 is 0 Å². The van der Waals surface area contributed by atoms with Crippen LogP contribution in [0.1, 0.15) is 27.7 Å². The van der Waals surface area contributed by atoms with E-state index in [1.54, 1.807) is 0 Å². The number of likely N-dealkylation sites (N-methyl/N-ethyl adjacent to an activating group) is 2. The molecule has 0 aromatic carbocycles. The van der Waals surface area contributed by atoms with E-state index in [1.807, 2.05) is 23.6 Å². The molecule has 0 bridgehead atoms. The Morgan fingerprint density at radius 1 is 1.36 bits per heavy atom. The quantitative estimate of drug-likeness (QED) is 0.252. The Balaban J connectivity index is 3.33. The minimum Gasteiger partial charge on any atom is -0.250 e. The number of hydrogen-bond acceptors (Lipinski definition) is 2. The lowest BCUT2D eigenvalue weighted by Crippen LogP contribution is -2.53. The highest BCUT2D eigenvalue weighted by Crippen LogP contribution is 2.35. The third kappa shape index (κ3) is 1.09. The minimum absolute atomic E-state index is 0.0503. The summed E-state index contributed by atoms with van der Waals surface area (Å²) in [4.78, 5) is 4.87. The van der Waals surface area contributed by atoms with Crippen LogP contribution in [0, 0.1) is 0 Å². The van der Waals surface area contributed by atoms with Crippen molar-refractivity contribution in [1.82, 2.24) is 4.90 Å². The second-order valence-corrected chi connectivity index (χ2v) is 4.73. The van der Waals surface area contributed by atoms with Gasteiger partial charge in [0.1, 0.15) is 11.1 Å². The monoisotopic (exact) mass is 196 g/mol. The maximum absolute atomic E-state index is 8.49. The summed E-state index contributed by atoms with van der Waals surface area (Å²) in [5, 5.41) is 3.73. The largest absolute Gasteiger partial charge is 0.477 e. The third-order valence-electron chi connectivity index (χ3n) is 3.91. The SMILES string of the molecule is CN1C(N=[N+]=[N-])=[N+](C)C(C)(C)C1(C)C. The molecule has 14 heavy (non-hydrogen) atoms. The summed E-state index contributed by atoms with van der Waals surface area (Å²) in [6.45, 7) is 8.57. The van der Waals surface area contributed by atoms with E-state index < -0.39 is 0 Å². The number of hydrogen-bond donors (Lipinski definition) is 0. The van der Waals surface area contributed by atoms with Gasteiger partial charge in [-0.25, -0.2) is 9.48 Å². The molecule has 0 N–H and O–H groups in total. The molecule has 0 amide bonds. The Morgan fingerprint density at radius 2 is 1.86 bits per heavy atom. The first kappa shape index (κ1) is 10.9. The Morgan fingerprint density at radius 3 is 2.14 bits per heavy atom. The molecule has 1 aliphatic rings. The molecule has 0 aliphatic carbocycles. The number of guanidine groups is 1. The van der Waals surface area contributed by atoms with Gasteiger partial charge >= 0.3 is 11.1 Å². The fraction of sp³-hybridized carbons (Fsp3) is 0.889. The van der Waals surface area contributed by atoms with Crippen LogP contribution in [-0.2, 0) is 0 Å². The lowest BCUT2D eigenvalue weighted by atomic mass is 9.83. The summed E-state index contributed by atoms with van der Waals surface area (Å²) in [5.74, 6) is 0.683. The second kappa shape index (κ2) is 2.89. The van der Waals surface area contributed by atoms with Crippen LogP contribution >= 0.6 is 0 Å². The summed E-state index contributed by atoms with van der Waals surface area (Å²) in [6, 6.07) is 0. The van der Waals surface area contributed by atoms with Crippen molar-refractivity contribution < 1.29 is 4.58 Å². The molecule has 1 heterocycles. The Labute approximate surface area is 84.7 Å². The summed E-state index contributed by atoms with van der Waals surface area (Å²) >= 11 is 0. The number of azide groups is 1. The Kier molecular flexibility index (Phi) is 2.24. The molecule has 0 radical (unpaired) electrons. The van der Waals surface area contributed by atoms with Crippen molar-refractivity contribution in [1.29, 1.82) is 0 Å². The number of rotatable bonds is 0. The lowest BCUT2D eigenvalue weighted by Gasteiger charge is -2.35. The molecule has 0 saturated carbocycles. The average molecular weight is 196 g/mol. The van der Waals surface area contributed by atoms with Crippen LogP contribution in [0.25, 0.3) is 10.4 Å². The van der Waals surface area contributed by atoms with E-state index in [1.165, 1.54) is 0 Å². The molecule has 0 spiro atoms. The molecule has 0 atom stereocenters. The molecule has 0 fully saturated rings. The van der Waals surface area contributed by atoms with Gasteiger partial charge in [-0.1, -0.05) is 0 Å². The van der Waals surface area contributed by atoms with Crippen molar-refractivity contribution in [3.63, 3.8) is 0 Å². The predicted octanol–water partition coefficient (Wildman–Crippen LogP) is 1.80. The lowest BCUT2D eigenvalue weighted by molar-refractivity contribution is -0.574. The van der Waals surface area contributed by atoms with Crippen molar-refractivity contribution in [2.45, 2.75) is 38.8 Å². The van der Waals surface area contributed by atoms with Crippen LogP contribution in [-0.4, -0.2) is 40.6 Å². The van der Waals surface area contributed by atoms with Crippen molar-refractivity contribution in [2.24, 2.45) is 5.11 Å². The van der Waals surface area contributed by atoms with Gasteiger partial charge in [-0.3, -0.25) is 0 Å². The number of nitrogens with zero attached hydrogens (tertiary/aromatic N) is 5. The molecule has 1 aliphatic heterocycles. The summed E-state index contributed by atoms with van der Waals surface area (Å²) in [7, 11) is 3.91. The van der Waals surface area contributed by atoms with E-state index in [0.29, 0.717) is 5.96 Å². The van der Waals surface area contributed by atoms with E-state index in [0.717, 1.165) is 0 Å². The fourth-order valence-electron chi connectivity index (χ4n) is 1.72. The molecular weight excluding hydrogens is 178 g/mol. The first-order chi connectivity index (χ1) is 6.26. The molecule has 0 unspecified atom stereocenters. The second-order valence-electron chi connectivity index (χ2n) is 4.73. The zero-order chi connectivity index (χ0) is 11.1. The Bertz CT molecular complexity index is 333. The van der Waals surface area contributed by atoms with Crippen molar-refractivity contribution >= 4 is 5.96 Å². The van der Waals surface area contributed by atoms with Gasteiger partial charge in [0.2, 0.25) is 4.91 Å². The van der Waals surface area contributed by atoms with Crippen LogP contribution < -0.4 is 0 Å². The Hall–Kier alpha value is -1.22. The van der Waals surface area contributed by atoms with Gasteiger partial charge in [-0.2, -0.15) is 0 Å². The van der Waals surface area contributed by atoms with Gasteiger partial charge in [-0.05, 0) is 27.7 Å². The third-order valence-corrected chi connectivity index (χ3v) is 3.91. The van der Waals surface area contributed by atoms with Crippen molar-refractivity contribution in [3.8, 4) is 0 Å². The average Bonchev–Trinajstić information content (AvgIpc) is 2.19. The van der Waals surface area contributed by atoms with Gasteiger partial charge in [0, 0.05) is 5.53 Å². The first-order valence-corrected chi connectivity index (χ1v) is 4.66. The molecule has 0 aromatic heterocycles. The van der Waals surface area contributed by atoms with Crippen LogP contribution in [0.5, 0.6) is 0 Å². The highest BCUT2D eigenvalue weighted by molar-refractivity contribution is 5.78. The van der Waals surface area contributed by atoms with Crippen LogP contribution in [0.4, 0.5) is 0 Å². The molecule has 0 saturated heterocycles. The maximum atomic E-state index is 8.49. The topological polar surface area (TPSA) is 55.0 Å². The standard InChI is InChI=1S/C9H18N5/c1-8(2)9(3,4)14(6)7(11-12-10)13(8)5/h1-6H3/q+1. The summed E-state index contributed by atoms with van der Waals surface area (Å²) < 4.78 is 2.02. The zero-order valence-electron chi connectivity index (χ0n) is 9.74. The van der Waals surface area contributed by atoms with Crippen LogP contribution in [0.15, 0.2) is 5.11 Å². The predicted molar refractivity (Wildman–Crippen MR) is 56.3 cm³/mol. The van der Waals surface area contributed by atoms with Crippen LogP contribution in [0.2, 0.25) is 0 Å². The maximum Gasteiger partial charge on any atom is 0.477 e. The minimum atomic E-state index is -0.0503. The van der Waals surface area contributed by atoms with Gasteiger partial charge in [0.25, 0.3) is 0 Å². The van der Waals surface area contributed by atoms with Gasteiger partial charge in [0.15, 0.2) is 0 Å². The molecule has 5 heteroatoms. The van der Waals surface area contributed by atoms with E-state index >= 15 is 0 Å². The van der Waals surface area contributed by atoms with Crippen molar-refractivity contribution in [3.05, 3.63) is 10.4 Å². The first-order valence-electron chi connectivity index (χ1n) is 4.66. The molecule has 78 valence electrons. The molecule has 5 nitrogen and oxygen atoms in total. The van der Waals surface area contributed by atoms with E-state index in [-0.39, 0.29) is 11.1 Å². The van der Waals surface area contributed by atoms with Crippen LogP contribution in [0.3, 0.4) is 0 Å². The highest BCUT2D eigenvalue weighted by Gasteiger charge is 2.57.